The number of amides is 1. The Kier molecular flexibility index (Phi) is 6.21. The number of hydrogen-bond donors (Lipinski definition) is 1. The van der Waals surface area contributed by atoms with Gasteiger partial charge in [0.1, 0.15) is 5.75 Å². The van der Waals surface area contributed by atoms with Crippen LogP contribution in [0.3, 0.4) is 0 Å². The molecule has 2 aromatic carbocycles. The third-order valence-corrected chi connectivity index (χ3v) is 3.87. The second-order valence-corrected chi connectivity index (χ2v) is 5.75. The fourth-order valence-corrected chi connectivity index (χ4v) is 2.58. The van der Waals surface area contributed by atoms with Crippen LogP contribution < -0.4 is 10.1 Å². The minimum absolute atomic E-state index is 0.0660. The average Bonchev–Trinajstić information content (AvgIpc) is 2.53. The molecule has 0 aliphatic carbocycles. The molecule has 0 spiro atoms. The van der Waals surface area contributed by atoms with Crippen LogP contribution in [0.1, 0.15) is 35.6 Å². The molecular weight excluding hydrogens is 286 g/mol. The summed E-state index contributed by atoms with van der Waals surface area (Å²) in [7, 11) is 0. The summed E-state index contributed by atoms with van der Waals surface area (Å²) in [5.41, 5.74) is 4.70. The minimum atomic E-state index is 0.0660. The highest BCUT2D eigenvalue weighted by atomic mass is 16.5. The fourth-order valence-electron chi connectivity index (χ4n) is 2.58. The third kappa shape index (κ3) is 5.13. The maximum atomic E-state index is 12.1. The van der Waals surface area contributed by atoms with E-state index in [1.165, 1.54) is 16.7 Å². The highest BCUT2D eigenvalue weighted by Crippen LogP contribution is 2.19. The maximum absolute atomic E-state index is 12.1. The fraction of sp³-hybridized carbons (Fsp3) is 0.350. The maximum Gasteiger partial charge on any atom is 0.220 e. The molecule has 0 aromatic heterocycles. The van der Waals surface area contributed by atoms with E-state index >= 15 is 0 Å². The highest BCUT2D eigenvalue weighted by molar-refractivity contribution is 5.76. The normalized spacial score (nSPS) is 10.4. The molecule has 0 bridgehead atoms. The number of carbonyl (C=O) groups excluding carboxylic acids is 1. The van der Waals surface area contributed by atoms with Gasteiger partial charge in [0.05, 0.1) is 6.61 Å². The first-order valence-corrected chi connectivity index (χ1v) is 8.13. The van der Waals surface area contributed by atoms with E-state index in [1.54, 1.807) is 0 Å². The molecule has 2 aromatic rings. The lowest BCUT2D eigenvalue weighted by Crippen LogP contribution is -2.23. The van der Waals surface area contributed by atoms with Crippen molar-refractivity contribution in [3.8, 4) is 5.75 Å². The van der Waals surface area contributed by atoms with Crippen molar-refractivity contribution in [3.05, 3.63) is 64.7 Å². The molecule has 3 heteroatoms. The Labute approximate surface area is 138 Å². The predicted octanol–water partition coefficient (Wildman–Crippen LogP) is 3.95. The zero-order chi connectivity index (χ0) is 16.7. The summed E-state index contributed by atoms with van der Waals surface area (Å²) in [6.45, 7) is 7.33. The molecule has 122 valence electrons. The Balaban J connectivity index is 1.86. The number of rotatable bonds is 7. The van der Waals surface area contributed by atoms with E-state index in [-0.39, 0.29) is 5.91 Å². The second-order valence-electron chi connectivity index (χ2n) is 5.75. The van der Waals surface area contributed by atoms with Gasteiger partial charge in [0, 0.05) is 13.0 Å². The van der Waals surface area contributed by atoms with Crippen molar-refractivity contribution in [2.75, 3.05) is 6.61 Å². The van der Waals surface area contributed by atoms with E-state index in [4.69, 9.17) is 4.74 Å². The van der Waals surface area contributed by atoms with Gasteiger partial charge < -0.3 is 10.1 Å². The summed E-state index contributed by atoms with van der Waals surface area (Å²) < 4.78 is 5.59. The Hall–Kier alpha value is -2.29. The van der Waals surface area contributed by atoms with Gasteiger partial charge in [-0.05, 0) is 49.9 Å². The van der Waals surface area contributed by atoms with Gasteiger partial charge in [0.2, 0.25) is 5.91 Å². The number of hydrogen-bond acceptors (Lipinski definition) is 2. The first-order valence-electron chi connectivity index (χ1n) is 8.13. The van der Waals surface area contributed by atoms with Crippen LogP contribution in [0.5, 0.6) is 5.75 Å². The van der Waals surface area contributed by atoms with E-state index in [0.717, 1.165) is 11.3 Å². The monoisotopic (exact) mass is 311 g/mol. The van der Waals surface area contributed by atoms with Crippen LogP contribution in [0.2, 0.25) is 0 Å². The Morgan fingerprint density at radius 1 is 1.09 bits per heavy atom. The molecule has 0 aliphatic rings. The highest BCUT2D eigenvalue weighted by Gasteiger charge is 2.07. The molecule has 0 aliphatic heterocycles. The molecule has 0 heterocycles. The van der Waals surface area contributed by atoms with E-state index in [0.29, 0.717) is 26.0 Å². The van der Waals surface area contributed by atoms with Gasteiger partial charge in [-0.15, -0.1) is 0 Å². The van der Waals surface area contributed by atoms with Crippen LogP contribution in [0.4, 0.5) is 0 Å². The number of para-hydroxylation sites is 1. The largest absolute Gasteiger partial charge is 0.494 e. The topological polar surface area (TPSA) is 38.3 Å². The van der Waals surface area contributed by atoms with Crippen molar-refractivity contribution in [2.45, 2.75) is 40.2 Å². The molecule has 23 heavy (non-hydrogen) atoms. The van der Waals surface area contributed by atoms with Crippen molar-refractivity contribution >= 4 is 5.91 Å². The third-order valence-electron chi connectivity index (χ3n) is 3.87. The number of ether oxygens (including phenoxy) is 1. The quantitative estimate of drug-likeness (QED) is 0.841. The van der Waals surface area contributed by atoms with Gasteiger partial charge in [0.25, 0.3) is 0 Å². The Morgan fingerprint density at radius 3 is 2.61 bits per heavy atom. The van der Waals surface area contributed by atoms with Gasteiger partial charge in [-0.2, -0.15) is 0 Å². The van der Waals surface area contributed by atoms with Gasteiger partial charge in [-0.1, -0.05) is 42.0 Å². The zero-order valence-corrected chi connectivity index (χ0v) is 14.2. The molecule has 0 atom stereocenters. The zero-order valence-electron chi connectivity index (χ0n) is 14.2. The predicted molar refractivity (Wildman–Crippen MR) is 93.7 cm³/mol. The van der Waals surface area contributed by atoms with Crippen LogP contribution in [-0.2, 0) is 17.8 Å². The van der Waals surface area contributed by atoms with Crippen molar-refractivity contribution in [3.63, 3.8) is 0 Å². The van der Waals surface area contributed by atoms with Crippen LogP contribution >= 0.6 is 0 Å². The van der Waals surface area contributed by atoms with Crippen LogP contribution in [0.15, 0.2) is 42.5 Å². The summed E-state index contributed by atoms with van der Waals surface area (Å²) in [4.78, 5) is 12.1. The van der Waals surface area contributed by atoms with Crippen LogP contribution in [0.25, 0.3) is 0 Å². The van der Waals surface area contributed by atoms with E-state index in [1.807, 2.05) is 31.2 Å². The SMILES string of the molecule is CCOc1ccccc1CCC(=O)NCc1ccc(C)cc1C. The van der Waals surface area contributed by atoms with Crippen LogP contribution in [-0.4, -0.2) is 12.5 Å². The summed E-state index contributed by atoms with van der Waals surface area (Å²) in [6, 6.07) is 14.2. The van der Waals surface area contributed by atoms with Crippen molar-refractivity contribution in [2.24, 2.45) is 0 Å². The minimum Gasteiger partial charge on any atom is -0.494 e. The number of benzene rings is 2. The molecular formula is C20H25NO2. The smallest absolute Gasteiger partial charge is 0.220 e. The van der Waals surface area contributed by atoms with Crippen molar-refractivity contribution in [1.82, 2.24) is 5.32 Å². The van der Waals surface area contributed by atoms with Crippen molar-refractivity contribution < 1.29 is 9.53 Å². The molecule has 0 radical (unpaired) electrons. The summed E-state index contributed by atoms with van der Waals surface area (Å²) >= 11 is 0. The molecule has 3 nitrogen and oxygen atoms in total. The lowest BCUT2D eigenvalue weighted by atomic mass is 10.1. The van der Waals surface area contributed by atoms with E-state index in [2.05, 4.69) is 37.4 Å². The summed E-state index contributed by atoms with van der Waals surface area (Å²) in [6.07, 6.45) is 1.16. The molecule has 0 fully saturated rings. The first kappa shape index (κ1) is 17.1. The Morgan fingerprint density at radius 2 is 1.87 bits per heavy atom. The van der Waals surface area contributed by atoms with Gasteiger partial charge >= 0.3 is 0 Å². The van der Waals surface area contributed by atoms with Gasteiger partial charge in [-0.3, -0.25) is 4.79 Å². The summed E-state index contributed by atoms with van der Waals surface area (Å²) in [5.74, 6) is 0.938. The lowest BCUT2D eigenvalue weighted by Gasteiger charge is -2.11. The molecule has 0 saturated heterocycles. The molecule has 1 amide bonds. The van der Waals surface area contributed by atoms with Crippen molar-refractivity contribution in [1.29, 1.82) is 0 Å². The van der Waals surface area contributed by atoms with Gasteiger partial charge in [0.15, 0.2) is 0 Å². The first-order chi connectivity index (χ1) is 11.1. The lowest BCUT2D eigenvalue weighted by molar-refractivity contribution is -0.121. The number of aryl methyl sites for hydroxylation is 3. The molecule has 2 rings (SSSR count). The Bertz CT molecular complexity index is 664. The summed E-state index contributed by atoms with van der Waals surface area (Å²) in [5, 5.41) is 3.00. The second kappa shape index (κ2) is 8.37. The standard InChI is InChI=1S/C20H25NO2/c1-4-23-19-8-6-5-7-17(19)11-12-20(22)21-14-18-10-9-15(2)13-16(18)3/h5-10,13H,4,11-12,14H2,1-3H3,(H,21,22). The molecule has 0 saturated carbocycles. The van der Waals surface area contributed by atoms with E-state index in [9.17, 15) is 4.79 Å². The molecule has 0 unspecified atom stereocenters. The van der Waals surface area contributed by atoms with Gasteiger partial charge in [-0.25, -0.2) is 0 Å². The number of carbonyl (C=O) groups is 1. The average molecular weight is 311 g/mol. The molecule has 1 N–H and O–H groups in total. The number of nitrogens with one attached hydrogen (secondary N) is 1. The van der Waals surface area contributed by atoms with E-state index < -0.39 is 0 Å². The van der Waals surface area contributed by atoms with Crippen LogP contribution in [0, 0.1) is 13.8 Å².